The van der Waals surface area contributed by atoms with Gasteiger partial charge in [0.1, 0.15) is 22.6 Å². The number of carboxylic acid groups (broad SMARTS) is 1. The molecule has 0 amide bonds. The number of pyridine rings is 1. The molecule has 0 saturated heterocycles. The fourth-order valence-electron chi connectivity index (χ4n) is 1.82. The molecule has 0 aliphatic heterocycles. The van der Waals surface area contributed by atoms with Gasteiger partial charge in [-0.25, -0.2) is 14.2 Å². The molecule has 2 rings (SSSR count). The molecule has 6 heteroatoms. The molecule has 5 nitrogen and oxygen atoms in total. The zero-order valence-electron chi connectivity index (χ0n) is 11.1. The summed E-state index contributed by atoms with van der Waals surface area (Å²) >= 11 is 0. The molecule has 20 heavy (non-hydrogen) atoms. The zero-order valence-corrected chi connectivity index (χ0v) is 11.1. The molecule has 0 saturated carbocycles. The third kappa shape index (κ3) is 2.64. The number of fused-ring (bicyclic) bond motifs is 1. The first-order valence-corrected chi connectivity index (χ1v) is 6.11. The summed E-state index contributed by atoms with van der Waals surface area (Å²) in [6.45, 7) is 2.25. The highest BCUT2D eigenvalue weighted by Gasteiger charge is 2.17. The minimum Gasteiger partial charge on any atom is -0.494 e. The Labute approximate surface area is 115 Å². The average molecular weight is 279 g/mol. The summed E-state index contributed by atoms with van der Waals surface area (Å²) in [4.78, 5) is 15.4. The monoisotopic (exact) mass is 279 g/mol. The fourth-order valence-corrected chi connectivity index (χ4v) is 1.82. The molecule has 1 aromatic heterocycles. The van der Waals surface area contributed by atoms with Crippen molar-refractivity contribution in [2.24, 2.45) is 0 Å². The van der Waals surface area contributed by atoms with E-state index in [1.54, 1.807) is 0 Å². The second-order valence-electron chi connectivity index (χ2n) is 4.17. The van der Waals surface area contributed by atoms with Gasteiger partial charge in [0.2, 0.25) is 5.88 Å². The van der Waals surface area contributed by atoms with E-state index in [1.165, 1.54) is 25.3 Å². The van der Waals surface area contributed by atoms with Crippen LogP contribution in [-0.2, 0) is 0 Å². The number of halogens is 1. The lowest BCUT2D eigenvalue weighted by Crippen LogP contribution is -2.06. The Balaban J connectivity index is 2.67. The maximum absolute atomic E-state index is 13.4. The lowest BCUT2D eigenvalue weighted by Gasteiger charge is -2.11. The number of benzene rings is 1. The standard InChI is InChI=1S/C14H14FNO4/c1-3-4-20-13-10(14(17)18)6-8-5-9(15)7-11(19-2)12(8)16-13/h5-7H,3-4H2,1-2H3,(H,17,18). The van der Waals surface area contributed by atoms with Crippen LogP contribution in [0, 0.1) is 5.82 Å². The normalized spacial score (nSPS) is 10.6. The van der Waals surface area contributed by atoms with E-state index in [0.29, 0.717) is 17.5 Å². The van der Waals surface area contributed by atoms with Crippen LogP contribution in [0.1, 0.15) is 23.7 Å². The van der Waals surface area contributed by atoms with Gasteiger partial charge in [0.05, 0.1) is 13.7 Å². The largest absolute Gasteiger partial charge is 0.494 e. The Morgan fingerprint density at radius 2 is 2.15 bits per heavy atom. The highest BCUT2D eigenvalue weighted by molar-refractivity contribution is 5.96. The van der Waals surface area contributed by atoms with Crippen LogP contribution in [-0.4, -0.2) is 29.8 Å². The predicted molar refractivity (Wildman–Crippen MR) is 71.0 cm³/mol. The number of methoxy groups -OCH3 is 1. The maximum Gasteiger partial charge on any atom is 0.341 e. The molecule has 0 aliphatic carbocycles. The van der Waals surface area contributed by atoms with Gasteiger partial charge in [0.15, 0.2) is 0 Å². The first-order chi connectivity index (χ1) is 9.56. The van der Waals surface area contributed by atoms with Crippen LogP contribution in [0.2, 0.25) is 0 Å². The molecule has 2 aromatic rings. The van der Waals surface area contributed by atoms with Gasteiger partial charge in [0.25, 0.3) is 0 Å². The van der Waals surface area contributed by atoms with Crippen LogP contribution in [0.3, 0.4) is 0 Å². The molecule has 0 unspecified atom stereocenters. The van der Waals surface area contributed by atoms with Crippen molar-refractivity contribution in [1.82, 2.24) is 4.98 Å². The van der Waals surface area contributed by atoms with E-state index >= 15 is 0 Å². The van der Waals surface area contributed by atoms with Crippen molar-refractivity contribution in [3.05, 3.63) is 29.6 Å². The molecule has 0 atom stereocenters. The van der Waals surface area contributed by atoms with Crippen molar-refractivity contribution >= 4 is 16.9 Å². The van der Waals surface area contributed by atoms with Crippen molar-refractivity contribution < 1.29 is 23.8 Å². The summed E-state index contributed by atoms with van der Waals surface area (Å²) in [6, 6.07) is 3.74. The van der Waals surface area contributed by atoms with E-state index < -0.39 is 11.8 Å². The zero-order chi connectivity index (χ0) is 14.7. The maximum atomic E-state index is 13.4. The average Bonchev–Trinajstić information content (AvgIpc) is 2.43. The number of rotatable bonds is 5. The van der Waals surface area contributed by atoms with Gasteiger partial charge in [0, 0.05) is 11.5 Å². The van der Waals surface area contributed by atoms with Gasteiger partial charge in [-0.15, -0.1) is 0 Å². The van der Waals surface area contributed by atoms with Crippen molar-refractivity contribution in [2.75, 3.05) is 13.7 Å². The van der Waals surface area contributed by atoms with Gasteiger partial charge < -0.3 is 14.6 Å². The summed E-state index contributed by atoms with van der Waals surface area (Å²) in [5, 5.41) is 9.53. The first-order valence-electron chi connectivity index (χ1n) is 6.11. The molecule has 1 N–H and O–H groups in total. The number of ether oxygens (including phenoxy) is 2. The second kappa shape index (κ2) is 5.73. The van der Waals surface area contributed by atoms with E-state index in [1.807, 2.05) is 6.92 Å². The van der Waals surface area contributed by atoms with E-state index in [2.05, 4.69) is 4.98 Å². The second-order valence-corrected chi connectivity index (χ2v) is 4.17. The molecule has 0 aliphatic rings. The summed E-state index contributed by atoms with van der Waals surface area (Å²) in [5.41, 5.74) is 0.267. The Morgan fingerprint density at radius 1 is 1.40 bits per heavy atom. The predicted octanol–water partition coefficient (Wildman–Crippen LogP) is 2.87. The Hall–Kier alpha value is -2.37. The van der Waals surface area contributed by atoms with Crippen molar-refractivity contribution in [2.45, 2.75) is 13.3 Å². The van der Waals surface area contributed by atoms with E-state index in [-0.39, 0.29) is 17.2 Å². The smallest absolute Gasteiger partial charge is 0.341 e. The molecular formula is C14H14FNO4. The van der Waals surface area contributed by atoms with Crippen LogP contribution < -0.4 is 9.47 Å². The van der Waals surface area contributed by atoms with E-state index in [9.17, 15) is 14.3 Å². The number of nitrogens with zero attached hydrogens (tertiary/aromatic N) is 1. The number of carbonyl (C=O) groups is 1. The van der Waals surface area contributed by atoms with Crippen LogP contribution in [0.4, 0.5) is 4.39 Å². The van der Waals surface area contributed by atoms with Gasteiger partial charge in [-0.1, -0.05) is 6.92 Å². The Morgan fingerprint density at radius 3 is 2.75 bits per heavy atom. The van der Waals surface area contributed by atoms with Gasteiger partial charge >= 0.3 is 5.97 Å². The molecule has 106 valence electrons. The minimum absolute atomic E-state index is 0.0109. The van der Waals surface area contributed by atoms with E-state index in [4.69, 9.17) is 9.47 Å². The number of aromatic carboxylic acids is 1. The van der Waals surface area contributed by atoms with Crippen LogP contribution in [0.5, 0.6) is 11.6 Å². The van der Waals surface area contributed by atoms with Crippen molar-refractivity contribution in [3.8, 4) is 11.6 Å². The van der Waals surface area contributed by atoms with Crippen molar-refractivity contribution in [3.63, 3.8) is 0 Å². The molecule has 0 bridgehead atoms. The van der Waals surface area contributed by atoms with Crippen LogP contribution in [0.15, 0.2) is 18.2 Å². The van der Waals surface area contributed by atoms with Gasteiger partial charge in [-0.05, 0) is 18.6 Å². The third-order valence-corrected chi connectivity index (χ3v) is 2.71. The molecule has 1 aromatic carbocycles. The van der Waals surface area contributed by atoms with Crippen LogP contribution in [0.25, 0.3) is 10.9 Å². The Bertz CT molecular complexity index is 657. The fraction of sp³-hybridized carbons (Fsp3) is 0.286. The number of hydrogen-bond acceptors (Lipinski definition) is 4. The third-order valence-electron chi connectivity index (χ3n) is 2.71. The quantitative estimate of drug-likeness (QED) is 0.911. The number of aromatic nitrogens is 1. The van der Waals surface area contributed by atoms with Crippen molar-refractivity contribution in [1.29, 1.82) is 0 Å². The summed E-state index contributed by atoms with van der Waals surface area (Å²) < 4.78 is 23.8. The number of carboxylic acids is 1. The lowest BCUT2D eigenvalue weighted by atomic mass is 10.1. The SMILES string of the molecule is CCCOc1nc2c(OC)cc(F)cc2cc1C(=O)O. The highest BCUT2D eigenvalue weighted by atomic mass is 19.1. The van der Waals surface area contributed by atoms with E-state index in [0.717, 1.165) is 6.42 Å². The minimum atomic E-state index is -1.17. The van der Waals surface area contributed by atoms with Gasteiger partial charge in [-0.2, -0.15) is 0 Å². The highest BCUT2D eigenvalue weighted by Crippen LogP contribution is 2.30. The van der Waals surface area contributed by atoms with Crippen LogP contribution >= 0.6 is 0 Å². The summed E-state index contributed by atoms with van der Waals surface area (Å²) in [6.07, 6.45) is 0.722. The molecule has 0 radical (unpaired) electrons. The summed E-state index contributed by atoms with van der Waals surface area (Å²) in [7, 11) is 1.40. The molecule has 0 fully saturated rings. The number of hydrogen-bond donors (Lipinski definition) is 1. The summed E-state index contributed by atoms with van der Waals surface area (Å²) in [5.74, 6) is -1.45. The molecule has 1 heterocycles. The topological polar surface area (TPSA) is 68.7 Å². The molecular weight excluding hydrogens is 265 g/mol. The van der Waals surface area contributed by atoms with Gasteiger partial charge in [-0.3, -0.25) is 0 Å². The first kappa shape index (κ1) is 14.0. The molecule has 0 spiro atoms. The Kier molecular flexibility index (Phi) is 4.02. The lowest BCUT2D eigenvalue weighted by molar-refractivity contribution is 0.0691.